The molecular weight excluding hydrogens is 218 g/mol. The fourth-order valence-corrected chi connectivity index (χ4v) is 2.26. The second-order valence-electron chi connectivity index (χ2n) is 5.00. The Morgan fingerprint density at radius 3 is 2.53 bits per heavy atom. The predicted octanol–water partition coefficient (Wildman–Crippen LogP) is 2.10. The van der Waals surface area contributed by atoms with Gasteiger partial charge in [-0.25, -0.2) is 4.79 Å². The Kier molecular flexibility index (Phi) is 4.73. The van der Waals surface area contributed by atoms with E-state index in [2.05, 4.69) is 11.9 Å². The summed E-state index contributed by atoms with van der Waals surface area (Å²) in [6.45, 7) is 5.47. The van der Waals surface area contributed by atoms with E-state index in [1.165, 1.54) is 0 Å². The van der Waals surface area contributed by atoms with Crippen LogP contribution in [0.3, 0.4) is 0 Å². The lowest BCUT2D eigenvalue weighted by molar-refractivity contribution is -0.143. The lowest BCUT2D eigenvalue weighted by Gasteiger charge is -2.24. The number of amides is 1. The van der Waals surface area contributed by atoms with E-state index in [1.807, 2.05) is 6.92 Å². The van der Waals surface area contributed by atoms with Crippen molar-refractivity contribution in [2.45, 2.75) is 51.5 Å². The zero-order valence-electron chi connectivity index (χ0n) is 10.4. The standard InChI is InChI=1S/C13H21NO3/c1-3-4-7-10(11(15)16)14-12(17)13(2)8-5-6-9-13/h3,10H,1,4-9H2,2H3,(H,14,17)(H,15,16). The maximum atomic E-state index is 12.0. The molecule has 1 fully saturated rings. The maximum absolute atomic E-state index is 12.0. The summed E-state index contributed by atoms with van der Waals surface area (Å²) in [5.74, 6) is -1.09. The van der Waals surface area contributed by atoms with E-state index in [4.69, 9.17) is 5.11 Å². The van der Waals surface area contributed by atoms with Gasteiger partial charge < -0.3 is 10.4 Å². The van der Waals surface area contributed by atoms with Crippen LogP contribution >= 0.6 is 0 Å². The lowest BCUT2D eigenvalue weighted by atomic mass is 9.87. The third-order valence-corrected chi connectivity index (χ3v) is 3.52. The van der Waals surface area contributed by atoms with E-state index in [9.17, 15) is 9.59 Å². The van der Waals surface area contributed by atoms with Gasteiger partial charge in [0.15, 0.2) is 0 Å². The van der Waals surface area contributed by atoms with E-state index in [-0.39, 0.29) is 11.3 Å². The Hall–Kier alpha value is -1.32. The Labute approximate surface area is 102 Å². The van der Waals surface area contributed by atoms with Crippen LogP contribution in [0.4, 0.5) is 0 Å². The summed E-state index contributed by atoms with van der Waals surface area (Å²) in [6, 6.07) is -0.794. The molecule has 1 saturated carbocycles. The molecule has 1 aliphatic rings. The van der Waals surface area contributed by atoms with E-state index in [0.717, 1.165) is 25.7 Å². The van der Waals surface area contributed by atoms with Gasteiger partial charge in [-0.05, 0) is 25.7 Å². The largest absolute Gasteiger partial charge is 0.480 e. The third-order valence-electron chi connectivity index (χ3n) is 3.52. The first kappa shape index (κ1) is 13.7. The SMILES string of the molecule is C=CCCC(NC(=O)C1(C)CCCC1)C(=O)O. The lowest BCUT2D eigenvalue weighted by Crippen LogP contribution is -2.46. The van der Waals surface area contributed by atoms with Gasteiger partial charge in [0.25, 0.3) is 0 Å². The van der Waals surface area contributed by atoms with Crippen LogP contribution in [-0.4, -0.2) is 23.0 Å². The molecule has 0 saturated heterocycles. The topological polar surface area (TPSA) is 66.4 Å². The van der Waals surface area contributed by atoms with Crippen LogP contribution in [0.2, 0.25) is 0 Å². The number of carboxylic acids is 1. The minimum atomic E-state index is -0.971. The van der Waals surface area contributed by atoms with E-state index < -0.39 is 12.0 Å². The minimum absolute atomic E-state index is 0.119. The van der Waals surface area contributed by atoms with Crippen molar-refractivity contribution in [3.8, 4) is 0 Å². The number of hydrogen-bond donors (Lipinski definition) is 2. The van der Waals surface area contributed by atoms with Crippen LogP contribution in [0.5, 0.6) is 0 Å². The predicted molar refractivity (Wildman–Crippen MR) is 65.6 cm³/mol. The smallest absolute Gasteiger partial charge is 0.326 e. The number of nitrogens with one attached hydrogen (secondary N) is 1. The molecule has 0 heterocycles. The zero-order chi connectivity index (χ0) is 12.9. The van der Waals surface area contributed by atoms with Gasteiger partial charge in [0.1, 0.15) is 6.04 Å². The van der Waals surface area contributed by atoms with Crippen molar-refractivity contribution in [1.29, 1.82) is 0 Å². The molecule has 0 aromatic rings. The summed E-state index contributed by atoms with van der Waals surface area (Å²) in [7, 11) is 0. The summed E-state index contributed by atoms with van der Waals surface area (Å²) >= 11 is 0. The summed E-state index contributed by atoms with van der Waals surface area (Å²) in [5, 5.41) is 11.7. The summed E-state index contributed by atoms with van der Waals surface area (Å²) in [4.78, 5) is 23.1. The first-order valence-corrected chi connectivity index (χ1v) is 6.14. The third kappa shape index (κ3) is 3.58. The molecule has 0 aromatic carbocycles. The van der Waals surface area contributed by atoms with E-state index in [1.54, 1.807) is 6.08 Å². The Balaban J connectivity index is 2.57. The summed E-state index contributed by atoms with van der Waals surface area (Å²) in [5.41, 5.74) is -0.373. The van der Waals surface area contributed by atoms with Gasteiger partial charge in [0.05, 0.1) is 0 Å². The monoisotopic (exact) mass is 239 g/mol. The van der Waals surface area contributed by atoms with Crippen LogP contribution < -0.4 is 5.32 Å². The van der Waals surface area contributed by atoms with Crippen molar-refractivity contribution >= 4 is 11.9 Å². The molecule has 0 spiro atoms. The van der Waals surface area contributed by atoms with Gasteiger partial charge in [-0.15, -0.1) is 6.58 Å². The molecule has 0 radical (unpaired) electrons. The normalized spacial score (nSPS) is 19.6. The molecule has 1 amide bonds. The zero-order valence-corrected chi connectivity index (χ0v) is 10.4. The average Bonchev–Trinajstić information content (AvgIpc) is 2.72. The van der Waals surface area contributed by atoms with Crippen LogP contribution in [0.15, 0.2) is 12.7 Å². The molecule has 1 unspecified atom stereocenters. The number of allylic oxidation sites excluding steroid dienone is 1. The fourth-order valence-electron chi connectivity index (χ4n) is 2.26. The Morgan fingerprint density at radius 2 is 2.06 bits per heavy atom. The molecule has 17 heavy (non-hydrogen) atoms. The van der Waals surface area contributed by atoms with Crippen molar-refractivity contribution < 1.29 is 14.7 Å². The molecule has 2 N–H and O–H groups in total. The summed E-state index contributed by atoms with van der Waals surface area (Å²) < 4.78 is 0. The average molecular weight is 239 g/mol. The molecule has 96 valence electrons. The first-order chi connectivity index (χ1) is 7.99. The fraction of sp³-hybridized carbons (Fsp3) is 0.692. The molecule has 4 nitrogen and oxygen atoms in total. The molecule has 0 aromatic heterocycles. The van der Waals surface area contributed by atoms with Gasteiger partial charge in [0, 0.05) is 5.41 Å². The molecule has 0 bridgehead atoms. The van der Waals surface area contributed by atoms with Crippen LogP contribution in [-0.2, 0) is 9.59 Å². The Morgan fingerprint density at radius 1 is 1.47 bits per heavy atom. The number of rotatable bonds is 6. The molecule has 4 heteroatoms. The molecule has 1 aliphatic carbocycles. The van der Waals surface area contributed by atoms with Crippen LogP contribution in [0, 0.1) is 5.41 Å². The summed E-state index contributed by atoms with van der Waals surface area (Å²) in [6.07, 6.45) is 6.47. The van der Waals surface area contributed by atoms with Crippen molar-refractivity contribution in [3.63, 3.8) is 0 Å². The molecule has 1 rings (SSSR count). The van der Waals surface area contributed by atoms with Gasteiger partial charge in [-0.2, -0.15) is 0 Å². The second kappa shape index (κ2) is 5.84. The van der Waals surface area contributed by atoms with E-state index in [0.29, 0.717) is 12.8 Å². The maximum Gasteiger partial charge on any atom is 0.326 e. The first-order valence-electron chi connectivity index (χ1n) is 6.14. The number of carbonyl (C=O) groups excluding carboxylic acids is 1. The number of carboxylic acid groups (broad SMARTS) is 1. The highest BCUT2D eigenvalue weighted by atomic mass is 16.4. The van der Waals surface area contributed by atoms with Gasteiger partial charge in [-0.3, -0.25) is 4.79 Å². The molecule has 1 atom stereocenters. The van der Waals surface area contributed by atoms with Gasteiger partial charge in [0.2, 0.25) is 5.91 Å². The van der Waals surface area contributed by atoms with Crippen LogP contribution in [0.1, 0.15) is 45.4 Å². The second-order valence-corrected chi connectivity index (χ2v) is 5.00. The highest BCUT2D eigenvalue weighted by molar-refractivity contribution is 5.87. The highest BCUT2D eigenvalue weighted by Crippen LogP contribution is 2.37. The number of aliphatic carboxylic acids is 1. The quantitative estimate of drug-likeness (QED) is 0.697. The minimum Gasteiger partial charge on any atom is -0.480 e. The van der Waals surface area contributed by atoms with Gasteiger partial charge in [-0.1, -0.05) is 25.8 Å². The van der Waals surface area contributed by atoms with Crippen molar-refractivity contribution in [2.75, 3.05) is 0 Å². The van der Waals surface area contributed by atoms with E-state index >= 15 is 0 Å². The molecule has 0 aliphatic heterocycles. The van der Waals surface area contributed by atoms with Gasteiger partial charge >= 0.3 is 5.97 Å². The highest BCUT2D eigenvalue weighted by Gasteiger charge is 2.37. The Bertz CT molecular complexity index is 306. The molecular formula is C13H21NO3. The van der Waals surface area contributed by atoms with Crippen LogP contribution in [0.25, 0.3) is 0 Å². The van der Waals surface area contributed by atoms with Crippen molar-refractivity contribution in [3.05, 3.63) is 12.7 Å². The number of hydrogen-bond acceptors (Lipinski definition) is 2. The van der Waals surface area contributed by atoms with Crippen molar-refractivity contribution in [1.82, 2.24) is 5.32 Å². The number of carbonyl (C=O) groups is 2. The van der Waals surface area contributed by atoms with Crippen molar-refractivity contribution in [2.24, 2.45) is 5.41 Å².